The van der Waals surface area contributed by atoms with Crippen LogP contribution in [0.4, 0.5) is 10.1 Å². The average Bonchev–Trinajstić information content (AvgIpc) is 2.74. The Hall–Kier alpha value is -3.20. The summed E-state index contributed by atoms with van der Waals surface area (Å²) in [5, 5.41) is 12.3. The molecule has 0 saturated carbocycles. The maximum absolute atomic E-state index is 13.6. The molecule has 4 nitrogen and oxygen atoms in total. The van der Waals surface area contributed by atoms with Gasteiger partial charge in [-0.15, -0.1) is 0 Å². The first-order valence-corrected chi connectivity index (χ1v) is 9.91. The van der Waals surface area contributed by atoms with E-state index >= 15 is 0 Å². The highest BCUT2D eigenvalue weighted by Gasteiger charge is 2.12. The van der Waals surface area contributed by atoms with Gasteiger partial charge in [-0.2, -0.15) is 5.26 Å². The van der Waals surface area contributed by atoms with Gasteiger partial charge in [-0.05, 0) is 47.5 Å². The second-order valence-electron chi connectivity index (χ2n) is 6.93. The van der Waals surface area contributed by atoms with E-state index in [4.69, 9.17) is 16.9 Å². The van der Waals surface area contributed by atoms with Crippen LogP contribution in [-0.2, 0) is 17.9 Å². The molecule has 3 rings (SSSR count). The molecule has 0 unspecified atom stereocenters. The third-order valence-electron chi connectivity index (χ3n) is 4.59. The standard InChI is InChI=1S/C24H21ClFN3O/c25-22-6-1-2-7-23(22)28-24(30)12-13-29(17-20-4-3-5-21(26)14-20)16-19-10-8-18(15-27)9-11-19/h1-11,14H,12-13,16-17H2,(H,28,30). The fourth-order valence-corrected chi connectivity index (χ4v) is 3.27. The van der Waals surface area contributed by atoms with E-state index in [1.54, 1.807) is 36.4 Å². The van der Waals surface area contributed by atoms with E-state index in [0.717, 1.165) is 11.1 Å². The van der Waals surface area contributed by atoms with E-state index in [1.807, 2.05) is 24.3 Å². The molecule has 3 aromatic carbocycles. The van der Waals surface area contributed by atoms with Crippen molar-refractivity contribution in [3.05, 3.63) is 100 Å². The van der Waals surface area contributed by atoms with Gasteiger partial charge in [0.05, 0.1) is 22.3 Å². The number of nitriles is 1. The molecular weight excluding hydrogens is 401 g/mol. The number of benzene rings is 3. The highest BCUT2D eigenvalue weighted by molar-refractivity contribution is 6.33. The lowest BCUT2D eigenvalue weighted by molar-refractivity contribution is -0.116. The highest BCUT2D eigenvalue weighted by atomic mass is 35.5. The van der Waals surface area contributed by atoms with Gasteiger partial charge in [0.15, 0.2) is 0 Å². The molecule has 0 aliphatic rings. The van der Waals surface area contributed by atoms with Gasteiger partial charge in [0, 0.05) is 26.1 Å². The summed E-state index contributed by atoms with van der Waals surface area (Å²) < 4.78 is 13.6. The van der Waals surface area contributed by atoms with Gasteiger partial charge < -0.3 is 5.32 Å². The minimum atomic E-state index is -0.290. The summed E-state index contributed by atoms with van der Waals surface area (Å²) in [5.74, 6) is -0.436. The van der Waals surface area contributed by atoms with Crippen molar-refractivity contribution < 1.29 is 9.18 Å². The zero-order chi connectivity index (χ0) is 21.3. The number of halogens is 2. The molecule has 0 aromatic heterocycles. The molecule has 152 valence electrons. The molecule has 0 heterocycles. The van der Waals surface area contributed by atoms with Crippen LogP contribution >= 0.6 is 11.6 Å². The lowest BCUT2D eigenvalue weighted by atomic mass is 10.1. The average molecular weight is 422 g/mol. The van der Waals surface area contributed by atoms with E-state index in [0.29, 0.717) is 35.9 Å². The Balaban J connectivity index is 1.67. The van der Waals surface area contributed by atoms with Gasteiger partial charge >= 0.3 is 0 Å². The Labute approximate surface area is 180 Å². The quantitative estimate of drug-likeness (QED) is 0.531. The molecule has 1 N–H and O–H groups in total. The van der Waals surface area contributed by atoms with Crippen LogP contribution in [0.1, 0.15) is 23.1 Å². The number of nitrogens with one attached hydrogen (secondary N) is 1. The van der Waals surface area contributed by atoms with E-state index in [9.17, 15) is 9.18 Å². The zero-order valence-electron chi connectivity index (χ0n) is 16.3. The Bertz CT molecular complexity index is 1050. The molecule has 1 amide bonds. The number of carbonyl (C=O) groups excluding carboxylic acids is 1. The summed E-state index contributed by atoms with van der Waals surface area (Å²) in [6.07, 6.45) is 0.261. The van der Waals surface area contributed by atoms with Crippen molar-refractivity contribution in [3.8, 4) is 6.07 Å². The summed E-state index contributed by atoms with van der Waals surface area (Å²) in [6, 6.07) is 22.9. The highest BCUT2D eigenvalue weighted by Crippen LogP contribution is 2.20. The monoisotopic (exact) mass is 421 g/mol. The molecule has 0 aliphatic carbocycles. The van der Waals surface area contributed by atoms with Gasteiger partial charge in [0.1, 0.15) is 5.82 Å². The number of hydrogen-bond acceptors (Lipinski definition) is 3. The fourth-order valence-electron chi connectivity index (χ4n) is 3.09. The molecular formula is C24H21ClFN3O. The third kappa shape index (κ3) is 6.41. The summed E-state index contributed by atoms with van der Waals surface area (Å²) in [5.41, 5.74) is 3.01. The van der Waals surface area contributed by atoms with Crippen LogP contribution in [0, 0.1) is 17.1 Å². The molecule has 6 heteroatoms. The number of nitrogens with zero attached hydrogens (tertiary/aromatic N) is 2. The van der Waals surface area contributed by atoms with Gasteiger partial charge in [-0.1, -0.05) is 48.0 Å². The molecule has 0 saturated heterocycles. The first kappa shape index (κ1) is 21.5. The minimum absolute atomic E-state index is 0.146. The molecule has 0 atom stereocenters. The van der Waals surface area contributed by atoms with E-state index in [2.05, 4.69) is 16.3 Å². The summed E-state index contributed by atoms with van der Waals surface area (Å²) in [7, 11) is 0. The van der Waals surface area contributed by atoms with Gasteiger partial charge in [-0.3, -0.25) is 9.69 Å². The van der Waals surface area contributed by atoms with Gasteiger partial charge in [-0.25, -0.2) is 4.39 Å². The predicted molar refractivity (Wildman–Crippen MR) is 116 cm³/mol. The number of para-hydroxylation sites is 1. The van der Waals surface area contributed by atoms with Crippen molar-refractivity contribution in [1.82, 2.24) is 4.90 Å². The Morgan fingerprint density at radius 1 is 1.00 bits per heavy atom. The van der Waals surface area contributed by atoms with Crippen molar-refractivity contribution in [2.45, 2.75) is 19.5 Å². The van der Waals surface area contributed by atoms with Crippen molar-refractivity contribution in [2.75, 3.05) is 11.9 Å². The second kappa shape index (κ2) is 10.5. The minimum Gasteiger partial charge on any atom is -0.325 e. The van der Waals surface area contributed by atoms with Crippen LogP contribution in [0.5, 0.6) is 0 Å². The van der Waals surface area contributed by atoms with Crippen LogP contribution in [0.3, 0.4) is 0 Å². The first-order valence-electron chi connectivity index (χ1n) is 9.54. The number of rotatable bonds is 8. The summed E-state index contributed by atoms with van der Waals surface area (Å²) in [4.78, 5) is 14.5. The Kier molecular flexibility index (Phi) is 7.56. The van der Waals surface area contributed by atoms with Crippen LogP contribution in [-0.4, -0.2) is 17.4 Å². The smallest absolute Gasteiger partial charge is 0.225 e. The largest absolute Gasteiger partial charge is 0.325 e. The van der Waals surface area contributed by atoms with Crippen LogP contribution < -0.4 is 5.32 Å². The lowest BCUT2D eigenvalue weighted by Crippen LogP contribution is -2.27. The topological polar surface area (TPSA) is 56.1 Å². The summed E-state index contributed by atoms with van der Waals surface area (Å²) >= 11 is 6.10. The normalized spacial score (nSPS) is 10.6. The van der Waals surface area contributed by atoms with Crippen LogP contribution in [0.2, 0.25) is 5.02 Å². The van der Waals surface area contributed by atoms with Gasteiger partial charge in [0.2, 0.25) is 5.91 Å². The molecule has 30 heavy (non-hydrogen) atoms. The Morgan fingerprint density at radius 2 is 1.73 bits per heavy atom. The number of hydrogen-bond donors (Lipinski definition) is 1. The SMILES string of the molecule is N#Cc1ccc(CN(CCC(=O)Nc2ccccc2Cl)Cc2cccc(F)c2)cc1. The van der Waals surface area contributed by atoms with E-state index < -0.39 is 0 Å². The van der Waals surface area contributed by atoms with Crippen molar-refractivity contribution in [2.24, 2.45) is 0 Å². The molecule has 0 radical (unpaired) electrons. The second-order valence-corrected chi connectivity index (χ2v) is 7.33. The number of anilines is 1. The first-order chi connectivity index (χ1) is 14.5. The Morgan fingerprint density at radius 3 is 2.43 bits per heavy atom. The van der Waals surface area contributed by atoms with Crippen molar-refractivity contribution in [1.29, 1.82) is 5.26 Å². The molecule has 0 bridgehead atoms. The van der Waals surface area contributed by atoms with Crippen LogP contribution in [0.15, 0.2) is 72.8 Å². The molecule has 0 fully saturated rings. The van der Waals surface area contributed by atoms with E-state index in [1.165, 1.54) is 12.1 Å². The predicted octanol–water partition coefficient (Wildman–Crippen LogP) is 5.38. The number of amides is 1. The number of carbonyl (C=O) groups is 1. The summed E-state index contributed by atoms with van der Waals surface area (Å²) in [6.45, 7) is 1.55. The fraction of sp³-hybridized carbons (Fsp3) is 0.167. The van der Waals surface area contributed by atoms with Crippen molar-refractivity contribution >= 4 is 23.2 Å². The maximum atomic E-state index is 13.6. The van der Waals surface area contributed by atoms with E-state index in [-0.39, 0.29) is 18.1 Å². The van der Waals surface area contributed by atoms with Crippen molar-refractivity contribution in [3.63, 3.8) is 0 Å². The maximum Gasteiger partial charge on any atom is 0.225 e. The third-order valence-corrected chi connectivity index (χ3v) is 4.92. The molecule has 3 aromatic rings. The molecule has 0 spiro atoms. The van der Waals surface area contributed by atoms with Crippen LogP contribution in [0.25, 0.3) is 0 Å². The zero-order valence-corrected chi connectivity index (χ0v) is 17.1. The lowest BCUT2D eigenvalue weighted by Gasteiger charge is -2.22. The van der Waals surface area contributed by atoms with Gasteiger partial charge in [0.25, 0.3) is 0 Å². The molecule has 0 aliphatic heterocycles.